The molecule has 0 spiro atoms. The fraction of sp³-hybridized carbons (Fsp3) is 0.0714. The molecule has 1 heterocycles. The molecule has 0 radical (unpaired) electrons. The van der Waals surface area contributed by atoms with Crippen LogP contribution in [0.2, 0.25) is 0 Å². The van der Waals surface area contributed by atoms with Gasteiger partial charge in [0.1, 0.15) is 15.9 Å². The molecule has 1 aromatic heterocycles. The SMILES string of the molecule is COc1ccc(/C=C/c2nc3c(C(=O)[O-])cccc3[nH]2)cc1OC.O=S(=O)([O-])c1cccc2ccccc12. The van der Waals surface area contributed by atoms with Crippen LogP contribution in [0, 0.1) is 0 Å². The van der Waals surface area contributed by atoms with Gasteiger partial charge in [-0.2, -0.15) is 0 Å². The van der Waals surface area contributed by atoms with Gasteiger partial charge in [0, 0.05) is 5.56 Å². The minimum absolute atomic E-state index is 0.0644. The van der Waals surface area contributed by atoms with Crippen molar-refractivity contribution in [2.75, 3.05) is 14.2 Å². The number of methoxy groups -OCH3 is 2. The molecule has 9 nitrogen and oxygen atoms in total. The third-order valence-electron chi connectivity index (χ3n) is 5.61. The lowest BCUT2D eigenvalue weighted by atomic mass is 10.1. The monoisotopic (exact) mass is 530 g/mol. The summed E-state index contributed by atoms with van der Waals surface area (Å²) >= 11 is 0. The van der Waals surface area contributed by atoms with Crippen molar-refractivity contribution in [2.45, 2.75) is 4.90 Å². The predicted octanol–water partition coefficient (Wildman–Crippen LogP) is 3.86. The van der Waals surface area contributed by atoms with E-state index in [-0.39, 0.29) is 10.5 Å². The zero-order valence-electron chi connectivity index (χ0n) is 20.4. The number of hydrogen-bond acceptors (Lipinski definition) is 8. The second kappa shape index (κ2) is 11.2. The summed E-state index contributed by atoms with van der Waals surface area (Å²) in [7, 11) is -1.22. The van der Waals surface area contributed by atoms with Gasteiger partial charge in [-0.25, -0.2) is 13.4 Å². The maximum absolute atomic E-state index is 11.1. The molecule has 0 aliphatic rings. The molecule has 5 rings (SSSR count). The molecule has 5 aromatic rings. The number of rotatable bonds is 6. The third kappa shape index (κ3) is 5.83. The molecule has 0 fully saturated rings. The van der Waals surface area contributed by atoms with E-state index in [1.54, 1.807) is 68.8 Å². The number of fused-ring (bicyclic) bond motifs is 2. The van der Waals surface area contributed by atoms with Crippen molar-refractivity contribution in [1.29, 1.82) is 0 Å². The maximum Gasteiger partial charge on any atom is 0.161 e. The number of carbonyl (C=O) groups is 1. The van der Waals surface area contributed by atoms with E-state index in [1.165, 1.54) is 12.1 Å². The highest BCUT2D eigenvalue weighted by molar-refractivity contribution is 7.86. The fourth-order valence-electron chi connectivity index (χ4n) is 3.84. The molecule has 0 atom stereocenters. The van der Waals surface area contributed by atoms with Gasteiger partial charge in [-0.1, -0.05) is 60.7 Å². The number of carboxylic acid groups (broad SMARTS) is 1. The van der Waals surface area contributed by atoms with Crippen LogP contribution in [-0.4, -0.2) is 43.1 Å². The lowest BCUT2D eigenvalue weighted by Crippen LogP contribution is -2.22. The van der Waals surface area contributed by atoms with Gasteiger partial charge >= 0.3 is 0 Å². The Labute approximate surface area is 218 Å². The van der Waals surface area contributed by atoms with E-state index >= 15 is 0 Å². The molecular formula is C28H22N2O7S-2. The number of ether oxygens (including phenoxy) is 2. The van der Waals surface area contributed by atoms with Gasteiger partial charge in [0.2, 0.25) is 0 Å². The van der Waals surface area contributed by atoms with E-state index in [4.69, 9.17) is 9.47 Å². The quantitative estimate of drug-likeness (QED) is 0.326. The van der Waals surface area contributed by atoms with Crippen molar-refractivity contribution in [2.24, 2.45) is 0 Å². The number of hydrogen-bond donors (Lipinski definition) is 1. The van der Waals surface area contributed by atoms with Crippen LogP contribution in [0.1, 0.15) is 21.7 Å². The van der Waals surface area contributed by atoms with Crippen molar-refractivity contribution in [3.8, 4) is 11.5 Å². The highest BCUT2D eigenvalue weighted by atomic mass is 32.2. The summed E-state index contributed by atoms with van der Waals surface area (Å²) < 4.78 is 43.1. The number of aromatic amines is 1. The van der Waals surface area contributed by atoms with Crippen LogP contribution in [0.15, 0.2) is 83.8 Å². The van der Waals surface area contributed by atoms with E-state index in [1.807, 2.05) is 24.3 Å². The molecule has 0 aliphatic heterocycles. The lowest BCUT2D eigenvalue weighted by Gasteiger charge is -2.09. The second-order valence-corrected chi connectivity index (χ2v) is 9.34. The molecule has 4 aromatic carbocycles. The summed E-state index contributed by atoms with van der Waals surface area (Å²) in [6.45, 7) is 0. The average molecular weight is 531 g/mol. The number of para-hydroxylation sites is 1. The number of carbonyl (C=O) groups excluding carboxylic acids is 1. The molecule has 0 aliphatic carbocycles. The minimum Gasteiger partial charge on any atom is -0.744 e. The Bertz CT molecular complexity index is 1750. The van der Waals surface area contributed by atoms with E-state index < -0.39 is 16.1 Å². The molecule has 10 heteroatoms. The number of aromatic nitrogens is 2. The molecule has 0 bridgehead atoms. The first-order valence-electron chi connectivity index (χ1n) is 11.2. The highest BCUT2D eigenvalue weighted by Gasteiger charge is 2.07. The molecule has 0 saturated heterocycles. The van der Waals surface area contributed by atoms with Gasteiger partial charge in [-0.05, 0) is 46.7 Å². The Morgan fingerprint density at radius 1 is 0.895 bits per heavy atom. The molecular weight excluding hydrogens is 508 g/mol. The zero-order valence-corrected chi connectivity index (χ0v) is 21.2. The molecule has 0 amide bonds. The smallest absolute Gasteiger partial charge is 0.161 e. The summed E-state index contributed by atoms with van der Waals surface area (Å²) in [5.74, 6) is 0.580. The molecule has 1 N–H and O–H groups in total. The Morgan fingerprint density at radius 3 is 2.32 bits per heavy atom. The van der Waals surface area contributed by atoms with Crippen molar-refractivity contribution < 1.29 is 32.3 Å². The number of H-pyrrole nitrogens is 1. The van der Waals surface area contributed by atoms with Crippen LogP contribution in [-0.2, 0) is 10.1 Å². The summed E-state index contributed by atoms with van der Waals surface area (Å²) in [4.78, 5) is 18.3. The summed E-state index contributed by atoms with van der Waals surface area (Å²) in [5.41, 5.74) is 1.98. The van der Waals surface area contributed by atoms with Gasteiger partial charge in [-0.15, -0.1) is 0 Å². The number of imidazole rings is 1. The fourth-order valence-corrected chi connectivity index (χ4v) is 4.54. The highest BCUT2D eigenvalue weighted by Crippen LogP contribution is 2.28. The van der Waals surface area contributed by atoms with Crippen LogP contribution < -0.4 is 14.6 Å². The molecule has 38 heavy (non-hydrogen) atoms. The van der Waals surface area contributed by atoms with Crippen LogP contribution in [0.3, 0.4) is 0 Å². The Balaban J connectivity index is 0.000000204. The molecule has 0 unspecified atom stereocenters. The van der Waals surface area contributed by atoms with Crippen molar-refractivity contribution in [3.05, 3.63) is 95.8 Å². The minimum atomic E-state index is -4.38. The second-order valence-electron chi connectivity index (χ2n) is 7.99. The van der Waals surface area contributed by atoms with Crippen LogP contribution in [0.4, 0.5) is 0 Å². The first kappa shape index (κ1) is 26.4. The van der Waals surface area contributed by atoms with Crippen LogP contribution >= 0.6 is 0 Å². The zero-order chi connectivity index (χ0) is 27.3. The largest absolute Gasteiger partial charge is 0.744 e. The summed E-state index contributed by atoms with van der Waals surface area (Å²) in [6, 6.07) is 22.0. The van der Waals surface area contributed by atoms with Crippen LogP contribution in [0.5, 0.6) is 11.5 Å². The summed E-state index contributed by atoms with van der Waals surface area (Å²) in [5, 5.41) is 12.4. The number of nitrogens with one attached hydrogen (secondary N) is 1. The number of carboxylic acids is 1. The number of nitrogens with zero attached hydrogens (tertiary/aromatic N) is 1. The van der Waals surface area contributed by atoms with Crippen molar-refractivity contribution in [3.63, 3.8) is 0 Å². The Morgan fingerprint density at radius 2 is 1.61 bits per heavy atom. The first-order chi connectivity index (χ1) is 18.2. The third-order valence-corrected chi connectivity index (χ3v) is 6.51. The average Bonchev–Trinajstić information content (AvgIpc) is 3.34. The van der Waals surface area contributed by atoms with Gasteiger partial charge in [0.05, 0.1) is 36.1 Å². The molecule has 194 valence electrons. The predicted molar refractivity (Wildman–Crippen MR) is 141 cm³/mol. The van der Waals surface area contributed by atoms with E-state index in [0.717, 1.165) is 10.9 Å². The van der Waals surface area contributed by atoms with Gasteiger partial charge in [-0.3, -0.25) is 0 Å². The lowest BCUT2D eigenvalue weighted by molar-refractivity contribution is -0.254. The summed E-state index contributed by atoms with van der Waals surface area (Å²) in [6.07, 6.45) is 3.61. The van der Waals surface area contributed by atoms with Crippen molar-refractivity contribution in [1.82, 2.24) is 9.97 Å². The van der Waals surface area contributed by atoms with Crippen LogP contribution in [0.25, 0.3) is 34.0 Å². The topological polar surface area (TPSA) is 144 Å². The first-order valence-corrected chi connectivity index (χ1v) is 12.7. The maximum atomic E-state index is 11.1. The van der Waals surface area contributed by atoms with Gasteiger partial charge in [0.15, 0.2) is 11.5 Å². The Kier molecular flexibility index (Phi) is 7.75. The van der Waals surface area contributed by atoms with Gasteiger partial charge in [0.25, 0.3) is 0 Å². The standard InChI is InChI=1S/C18H16N2O4.C10H8O3S/c1-23-14-8-6-11(10-15(14)24-2)7-9-16-19-13-5-3-4-12(18(21)22)17(13)20-16;11-14(12,13)10-7-3-5-8-4-1-2-6-9(8)10/h3-10H,1-2H3,(H,19,20)(H,21,22);1-7H,(H,11,12,13)/p-2/b9-7+;. The van der Waals surface area contributed by atoms with E-state index in [2.05, 4.69) is 9.97 Å². The number of aromatic carboxylic acids is 1. The van der Waals surface area contributed by atoms with E-state index in [9.17, 15) is 22.9 Å². The Hall–Kier alpha value is -4.67. The van der Waals surface area contributed by atoms with Gasteiger partial charge < -0.3 is 28.9 Å². The van der Waals surface area contributed by atoms with E-state index in [0.29, 0.717) is 33.7 Å². The number of benzene rings is 4. The normalized spacial score (nSPS) is 11.3. The molecule has 0 saturated carbocycles. The van der Waals surface area contributed by atoms with Crippen molar-refractivity contribution >= 4 is 50.0 Å².